The van der Waals surface area contributed by atoms with E-state index in [1.165, 1.54) is 28.7 Å². The number of hydrogen-bond donors (Lipinski definition) is 3. The summed E-state index contributed by atoms with van der Waals surface area (Å²) in [6.45, 7) is 1.17. The third-order valence-electron chi connectivity index (χ3n) is 6.44. The Balaban J connectivity index is 1.44. The molecule has 2 atom stereocenters. The molecule has 174 valence electrons. The van der Waals surface area contributed by atoms with Crippen LogP contribution < -0.4 is 5.32 Å². The molecule has 1 aliphatic carbocycles. The molecule has 1 amide bonds. The fourth-order valence-electron chi connectivity index (χ4n) is 4.55. The number of amides is 1. The minimum Gasteiger partial charge on any atom is -0.392 e. The molecule has 7 nitrogen and oxygen atoms in total. The van der Waals surface area contributed by atoms with Gasteiger partial charge in [-0.25, -0.2) is 12.8 Å². The summed E-state index contributed by atoms with van der Waals surface area (Å²) < 4.78 is 40.3. The highest BCUT2D eigenvalue weighted by Crippen LogP contribution is 2.41. The van der Waals surface area contributed by atoms with Crippen molar-refractivity contribution in [3.05, 3.63) is 53.6 Å². The second-order valence-electron chi connectivity index (χ2n) is 8.52. The van der Waals surface area contributed by atoms with Gasteiger partial charge in [0.05, 0.1) is 6.10 Å². The molecule has 1 aliphatic heterocycles. The van der Waals surface area contributed by atoms with Gasteiger partial charge in [-0.2, -0.15) is 16.1 Å². The van der Waals surface area contributed by atoms with E-state index in [0.29, 0.717) is 25.9 Å². The molecule has 32 heavy (non-hydrogen) atoms. The van der Waals surface area contributed by atoms with Gasteiger partial charge in [-0.3, -0.25) is 4.79 Å². The van der Waals surface area contributed by atoms with Crippen LogP contribution in [0.1, 0.15) is 35.3 Å². The van der Waals surface area contributed by atoms with Gasteiger partial charge in [-0.1, -0.05) is 18.6 Å². The molecule has 0 radical (unpaired) electrons. The van der Waals surface area contributed by atoms with Gasteiger partial charge in [-0.15, -0.1) is 0 Å². The quantitative estimate of drug-likeness (QED) is 0.564. The van der Waals surface area contributed by atoms with E-state index in [-0.39, 0.29) is 23.0 Å². The number of aromatic amines is 1. The summed E-state index contributed by atoms with van der Waals surface area (Å²) >= 11 is 1.72. The van der Waals surface area contributed by atoms with E-state index in [4.69, 9.17) is 0 Å². The number of nitrogens with one attached hydrogen (secondary N) is 2. The van der Waals surface area contributed by atoms with E-state index in [1.54, 1.807) is 23.9 Å². The number of aliphatic hydroxyl groups is 1. The van der Waals surface area contributed by atoms with Gasteiger partial charge in [0.1, 0.15) is 16.4 Å². The second-order valence-corrected chi connectivity index (χ2v) is 11.7. The first-order valence-electron chi connectivity index (χ1n) is 10.8. The fraction of sp³-hybridized carbons (Fsp3) is 0.500. The maximum absolute atomic E-state index is 13.3. The summed E-state index contributed by atoms with van der Waals surface area (Å²) in [6.07, 6.45) is 3.53. The van der Waals surface area contributed by atoms with E-state index in [9.17, 15) is 22.7 Å². The molecule has 0 bridgehead atoms. The predicted octanol–water partition coefficient (Wildman–Crippen LogP) is 2.39. The molecule has 2 fully saturated rings. The van der Waals surface area contributed by atoms with Gasteiger partial charge in [0.15, 0.2) is 0 Å². The van der Waals surface area contributed by atoms with Gasteiger partial charge < -0.3 is 15.4 Å². The van der Waals surface area contributed by atoms with Crippen molar-refractivity contribution >= 4 is 27.7 Å². The molecule has 0 spiro atoms. The summed E-state index contributed by atoms with van der Waals surface area (Å²) in [5.74, 6) is 0.785. The number of aromatic nitrogens is 1. The molecule has 2 unspecified atom stereocenters. The highest BCUT2D eigenvalue weighted by atomic mass is 32.2. The molecule has 1 saturated heterocycles. The Morgan fingerprint density at radius 3 is 2.66 bits per heavy atom. The topological polar surface area (TPSA) is 102 Å². The Labute approximate surface area is 191 Å². The van der Waals surface area contributed by atoms with Gasteiger partial charge in [-0.05, 0) is 43.0 Å². The van der Waals surface area contributed by atoms with E-state index >= 15 is 0 Å². The SMILES string of the molecule is O=C(NCC1(Cc2ccc(F)cc2)CCCC1O)c1cc(S(=O)(=O)N2CCSCC2)c[nH]1. The highest BCUT2D eigenvalue weighted by molar-refractivity contribution is 7.99. The molecule has 1 aromatic carbocycles. The number of nitrogens with zero attached hydrogens (tertiary/aromatic N) is 1. The first-order chi connectivity index (χ1) is 15.3. The number of aliphatic hydroxyl groups excluding tert-OH is 1. The molecular weight excluding hydrogens is 453 g/mol. The van der Waals surface area contributed by atoms with Crippen LogP contribution in [0, 0.1) is 11.2 Å². The van der Waals surface area contributed by atoms with Crippen LogP contribution in [0.2, 0.25) is 0 Å². The van der Waals surface area contributed by atoms with E-state index in [1.807, 2.05) is 0 Å². The monoisotopic (exact) mass is 481 g/mol. The second kappa shape index (κ2) is 9.54. The number of H-pyrrole nitrogens is 1. The maximum Gasteiger partial charge on any atom is 0.267 e. The van der Waals surface area contributed by atoms with Crippen molar-refractivity contribution in [2.45, 2.75) is 36.7 Å². The Kier molecular flexibility index (Phi) is 6.94. The number of hydrogen-bond acceptors (Lipinski definition) is 5. The van der Waals surface area contributed by atoms with Crippen LogP contribution in [-0.2, 0) is 16.4 Å². The Bertz CT molecular complexity index is 1050. The van der Waals surface area contributed by atoms with Crippen LogP contribution in [0.4, 0.5) is 4.39 Å². The minimum absolute atomic E-state index is 0.0801. The summed E-state index contributed by atoms with van der Waals surface area (Å²) in [4.78, 5) is 15.6. The van der Waals surface area contributed by atoms with Gasteiger partial charge in [0.25, 0.3) is 5.91 Å². The number of carbonyl (C=O) groups excluding carboxylic acids is 1. The third-order valence-corrected chi connectivity index (χ3v) is 9.26. The first-order valence-corrected chi connectivity index (χ1v) is 13.4. The van der Waals surface area contributed by atoms with Crippen LogP contribution in [0.3, 0.4) is 0 Å². The number of halogens is 1. The molecule has 3 N–H and O–H groups in total. The summed E-state index contributed by atoms with van der Waals surface area (Å²) in [5.41, 5.74) is 0.523. The van der Waals surface area contributed by atoms with Crippen molar-refractivity contribution < 1.29 is 22.7 Å². The summed E-state index contributed by atoms with van der Waals surface area (Å²) in [6, 6.07) is 7.55. The van der Waals surface area contributed by atoms with Crippen LogP contribution in [0.25, 0.3) is 0 Å². The number of thioether (sulfide) groups is 1. The largest absolute Gasteiger partial charge is 0.392 e. The van der Waals surface area contributed by atoms with Gasteiger partial charge >= 0.3 is 0 Å². The van der Waals surface area contributed by atoms with Crippen molar-refractivity contribution in [1.82, 2.24) is 14.6 Å². The summed E-state index contributed by atoms with van der Waals surface area (Å²) in [5, 5.41) is 13.5. The highest BCUT2D eigenvalue weighted by Gasteiger charge is 2.42. The number of benzene rings is 1. The van der Waals surface area contributed by atoms with Gasteiger partial charge in [0.2, 0.25) is 10.0 Å². The number of sulfonamides is 1. The Morgan fingerprint density at radius 1 is 1.28 bits per heavy atom. The number of carbonyl (C=O) groups is 1. The molecule has 2 aliphatic rings. The lowest BCUT2D eigenvalue weighted by atomic mass is 9.78. The lowest BCUT2D eigenvalue weighted by molar-refractivity contribution is 0.0499. The standard InChI is InChI=1S/C22H28FN3O4S2/c23-17-5-3-16(4-6-17)13-22(7-1-2-20(22)27)15-25-21(28)19-12-18(14-24-19)32(29,30)26-8-10-31-11-9-26/h3-6,12,14,20,24,27H,1-2,7-11,13,15H2,(H,25,28). The van der Waals surface area contributed by atoms with Crippen LogP contribution in [-0.4, -0.2) is 66.0 Å². The van der Waals surface area contributed by atoms with Crippen molar-refractivity contribution in [2.24, 2.45) is 5.41 Å². The Hall–Kier alpha value is -1.88. The predicted molar refractivity (Wildman–Crippen MR) is 122 cm³/mol. The molecule has 10 heteroatoms. The van der Waals surface area contributed by atoms with Crippen LogP contribution in [0.15, 0.2) is 41.4 Å². The molecule has 1 saturated carbocycles. The number of rotatable bonds is 7. The Morgan fingerprint density at radius 2 is 2.00 bits per heavy atom. The van der Waals surface area contributed by atoms with Crippen molar-refractivity contribution in [3.8, 4) is 0 Å². The van der Waals surface area contributed by atoms with Crippen molar-refractivity contribution in [1.29, 1.82) is 0 Å². The van der Waals surface area contributed by atoms with Crippen molar-refractivity contribution in [2.75, 3.05) is 31.1 Å². The van der Waals surface area contributed by atoms with Gasteiger partial charge in [0, 0.05) is 42.8 Å². The lowest BCUT2D eigenvalue weighted by Gasteiger charge is -2.33. The van der Waals surface area contributed by atoms with E-state index in [2.05, 4.69) is 10.3 Å². The van der Waals surface area contributed by atoms with Crippen LogP contribution in [0.5, 0.6) is 0 Å². The zero-order valence-corrected chi connectivity index (χ0v) is 19.4. The average Bonchev–Trinajstić information content (AvgIpc) is 3.43. The van der Waals surface area contributed by atoms with E-state index < -0.39 is 27.4 Å². The molecule has 4 rings (SSSR count). The first kappa shape index (κ1) is 23.3. The molecule has 1 aromatic heterocycles. The maximum atomic E-state index is 13.3. The smallest absolute Gasteiger partial charge is 0.267 e. The van der Waals surface area contributed by atoms with Crippen LogP contribution >= 0.6 is 11.8 Å². The molecule has 2 heterocycles. The molecular formula is C22H28FN3O4S2. The molecule has 2 aromatic rings. The summed E-state index contributed by atoms with van der Waals surface area (Å²) in [7, 11) is -3.63. The third kappa shape index (κ3) is 4.88. The zero-order valence-electron chi connectivity index (χ0n) is 17.7. The fourth-order valence-corrected chi connectivity index (χ4v) is 7.12. The minimum atomic E-state index is -3.63. The van der Waals surface area contributed by atoms with Crippen molar-refractivity contribution in [3.63, 3.8) is 0 Å². The lowest BCUT2D eigenvalue weighted by Crippen LogP contribution is -2.44. The normalized spacial score (nSPS) is 24.5. The van der Waals surface area contributed by atoms with E-state index in [0.717, 1.165) is 29.9 Å². The average molecular weight is 482 g/mol. The zero-order chi connectivity index (χ0) is 22.8.